The van der Waals surface area contributed by atoms with Gasteiger partial charge in [0.1, 0.15) is 11.5 Å². The summed E-state index contributed by atoms with van der Waals surface area (Å²) in [5.74, 6) is 1.06. The Kier molecular flexibility index (Phi) is 5.42. The summed E-state index contributed by atoms with van der Waals surface area (Å²) in [6.45, 7) is -0.0683. The SMILES string of the molecule is COc1ccc(Oc2ccc(C(=O)CN)cc2)c(NS(C)(=O)=O)c1. The highest BCUT2D eigenvalue weighted by atomic mass is 32.2. The number of benzene rings is 2. The number of rotatable bonds is 7. The Morgan fingerprint density at radius 1 is 1.12 bits per heavy atom. The first kappa shape index (κ1) is 17.8. The molecule has 3 N–H and O–H groups in total. The van der Waals surface area contributed by atoms with Crippen molar-refractivity contribution in [3.05, 3.63) is 48.0 Å². The third-order valence-electron chi connectivity index (χ3n) is 3.07. The molecule has 24 heavy (non-hydrogen) atoms. The van der Waals surface area contributed by atoms with Crippen molar-refractivity contribution in [2.75, 3.05) is 24.6 Å². The summed E-state index contributed by atoms with van der Waals surface area (Å²) >= 11 is 0. The monoisotopic (exact) mass is 350 g/mol. The third kappa shape index (κ3) is 4.71. The lowest BCUT2D eigenvalue weighted by atomic mass is 10.1. The predicted molar refractivity (Wildman–Crippen MR) is 91.4 cm³/mol. The van der Waals surface area contributed by atoms with Crippen LogP contribution in [0.2, 0.25) is 0 Å². The van der Waals surface area contributed by atoms with Crippen LogP contribution in [0.5, 0.6) is 17.2 Å². The normalized spacial score (nSPS) is 11.0. The Bertz CT molecular complexity index is 832. The zero-order valence-corrected chi connectivity index (χ0v) is 14.1. The van der Waals surface area contributed by atoms with Crippen LogP contribution in [-0.2, 0) is 10.0 Å². The van der Waals surface area contributed by atoms with E-state index in [9.17, 15) is 13.2 Å². The molecule has 7 nitrogen and oxygen atoms in total. The number of anilines is 1. The fraction of sp³-hybridized carbons (Fsp3) is 0.188. The molecule has 0 heterocycles. The van der Waals surface area contributed by atoms with E-state index >= 15 is 0 Å². The first-order valence-electron chi connectivity index (χ1n) is 6.99. The summed E-state index contributed by atoms with van der Waals surface area (Å²) in [5, 5.41) is 0. The Morgan fingerprint density at radius 2 is 1.75 bits per heavy atom. The Hall–Kier alpha value is -2.58. The summed E-state index contributed by atoms with van der Waals surface area (Å²) < 4.78 is 36.2. The molecule has 2 aromatic carbocycles. The van der Waals surface area contributed by atoms with Gasteiger partial charge in [0, 0.05) is 11.6 Å². The van der Waals surface area contributed by atoms with E-state index in [4.69, 9.17) is 15.2 Å². The molecular weight excluding hydrogens is 332 g/mol. The molecule has 0 atom stereocenters. The number of sulfonamides is 1. The second-order valence-electron chi connectivity index (χ2n) is 4.99. The number of carbonyl (C=O) groups is 1. The molecule has 8 heteroatoms. The molecule has 0 amide bonds. The minimum absolute atomic E-state index is 0.0683. The van der Waals surface area contributed by atoms with Crippen molar-refractivity contribution in [2.24, 2.45) is 5.73 Å². The summed E-state index contributed by atoms with van der Waals surface area (Å²) in [6, 6.07) is 11.2. The molecule has 0 aliphatic heterocycles. The quantitative estimate of drug-likeness (QED) is 0.740. The van der Waals surface area contributed by atoms with Crippen LogP contribution in [0.15, 0.2) is 42.5 Å². The molecule has 0 aliphatic rings. The van der Waals surface area contributed by atoms with E-state index in [1.807, 2.05) is 0 Å². The largest absolute Gasteiger partial charge is 0.497 e. The maximum absolute atomic E-state index is 11.5. The molecule has 0 saturated heterocycles. The van der Waals surface area contributed by atoms with Gasteiger partial charge in [0.2, 0.25) is 10.0 Å². The highest BCUT2D eigenvalue weighted by molar-refractivity contribution is 7.92. The lowest BCUT2D eigenvalue weighted by Gasteiger charge is -2.13. The van der Waals surface area contributed by atoms with E-state index < -0.39 is 10.0 Å². The average molecular weight is 350 g/mol. The van der Waals surface area contributed by atoms with E-state index in [1.165, 1.54) is 13.2 Å². The maximum atomic E-state index is 11.5. The van der Waals surface area contributed by atoms with Gasteiger partial charge in [0.15, 0.2) is 11.5 Å². The fourth-order valence-electron chi connectivity index (χ4n) is 1.96. The van der Waals surface area contributed by atoms with Gasteiger partial charge in [-0.25, -0.2) is 8.42 Å². The van der Waals surface area contributed by atoms with Crippen LogP contribution < -0.4 is 19.9 Å². The van der Waals surface area contributed by atoms with Crippen molar-refractivity contribution in [1.29, 1.82) is 0 Å². The molecule has 0 unspecified atom stereocenters. The summed E-state index contributed by atoms with van der Waals surface area (Å²) in [4.78, 5) is 11.5. The van der Waals surface area contributed by atoms with Crippen LogP contribution >= 0.6 is 0 Å². The molecule has 0 aromatic heterocycles. The number of nitrogens with two attached hydrogens (primary N) is 1. The number of methoxy groups -OCH3 is 1. The van der Waals surface area contributed by atoms with Crippen LogP contribution in [-0.4, -0.2) is 34.1 Å². The van der Waals surface area contributed by atoms with Crippen LogP contribution in [0, 0.1) is 0 Å². The topological polar surface area (TPSA) is 108 Å². The number of Topliss-reactive ketones (excluding diaryl/α,β-unsaturated/α-hetero) is 1. The standard InChI is InChI=1S/C16H18N2O5S/c1-22-13-7-8-16(14(9-13)18-24(2,20)21)23-12-5-3-11(4-6-12)15(19)10-17/h3-9,18H,10,17H2,1-2H3. The Morgan fingerprint density at radius 3 is 2.29 bits per heavy atom. The minimum Gasteiger partial charge on any atom is -0.497 e. The van der Waals surface area contributed by atoms with E-state index in [-0.39, 0.29) is 18.0 Å². The van der Waals surface area contributed by atoms with E-state index in [2.05, 4.69) is 4.72 Å². The van der Waals surface area contributed by atoms with Gasteiger partial charge in [-0.05, 0) is 36.4 Å². The fourth-order valence-corrected chi connectivity index (χ4v) is 2.52. The molecule has 128 valence electrons. The first-order valence-corrected chi connectivity index (χ1v) is 8.88. The van der Waals surface area contributed by atoms with Crippen molar-refractivity contribution in [3.8, 4) is 17.2 Å². The third-order valence-corrected chi connectivity index (χ3v) is 3.66. The second-order valence-corrected chi connectivity index (χ2v) is 6.74. The minimum atomic E-state index is -3.48. The lowest BCUT2D eigenvalue weighted by Crippen LogP contribution is -2.13. The Labute approximate surface area is 140 Å². The average Bonchev–Trinajstić information content (AvgIpc) is 2.55. The van der Waals surface area contributed by atoms with Gasteiger partial charge in [-0.2, -0.15) is 0 Å². The van der Waals surface area contributed by atoms with Crippen molar-refractivity contribution >= 4 is 21.5 Å². The second kappa shape index (κ2) is 7.33. The van der Waals surface area contributed by atoms with Crippen LogP contribution in [0.4, 0.5) is 5.69 Å². The van der Waals surface area contributed by atoms with E-state index in [1.54, 1.807) is 36.4 Å². The van der Waals surface area contributed by atoms with E-state index in [0.29, 0.717) is 22.8 Å². The first-order chi connectivity index (χ1) is 11.3. The van der Waals surface area contributed by atoms with Gasteiger partial charge in [-0.15, -0.1) is 0 Å². The molecular formula is C16H18N2O5S. The van der Waals surface area contributed by atoms with Crippen LogP contribution in [0.1, 0.15) is 10.4 Å². The highest BCUT2D eigenvalue weighted by Crippen LogP contribution is 2.33. The van der Waals surface area contributed by atoms with Crippen LogP contribution in [0.3, 0.4) is 0 Å². The number of nitrogens with one attached hydrogen (secondary N) is 1. The number of hydrogen-bond acceptors (Lipinski definition) is 6. The summed E-state index contributed by atoms with van der Waals surface area (Å²) in [6.07, 6.45) is 1.05. The number of hydrogen-bond donors (Lipinski definition) is 2. The van der Waals surface area contributed by atoms with Crippen molar-refractivity contribution < 1.29 is 22.7 Å². The highest BCUT2D eigenvalue weighted by Gasteiger charge is 2.12. The summed E-state index contributed by atoms with van der Waals surface area (Å²) in [5.41, 5.74) is 6.04. The van der Waals surface area contributed by atoms with Gasteiger partial charge in [0.25, 0.3) is 0 Å². The molecule has 0 aliphatic carbocycles. The van der Waals surface area contributed by atoms with Crippen molar-refractivity contribution in [2.45, 2.75) is 0 Å². The molecule has 0 spiro atoms. The van der Waals surface area contributed by atoms with Gasteiger partial charge in [-0.1, -0.05) is 0 Å². The molecule has 2 aromatic rings. The van der Waals surface area contributed by atoms with Crippen molar-refractivity contribution in [3.63, 3.8) is 0 Å². The molecule has 0 bridgehead atoms. The van der Waals surface area contributed by atoms with Gasteiger partial charge < -0.3 is 15.2 Å². The predicted octanol–water partition coefficient (Wildman–Crippen LogP) is 2.00. The zero-order chi connectivity index (χ0) is 17.7. The van der Waals surface area contributed by atoms with Crippen molar-refractivity contribution in [1.82, 2.24) is 0 Å². The maximum Gasteiger partial charge on any atom is 0.229 e. The Balaban J connectivity index is 2.29. The molecule has 0 saturated carbocycles. The van der Waals surface area contributed by atoms with Gasteiger partial charge in [-0.3, -0.25) is 9.52 Å². The summed E-state index contributed by atoms with van der Waals surface area (Å²) in [7, 11) is -2.00. The molecule has 0 radical (unpaired) electrons. The number of ketones is 1. The van der Waals surface area contributed by atoms with Crippen LogP contribution in [0.25, 0.3) is 0 Å². The van der Waals surface area contributed by atoms with Gasteiger partial charge >= 0.3 is 0 Å². The van der Waals surface area contributed by atoms with Gasteiger partial charge in [0.05, 0.1) is 25.6 Å². The van der Waals surface area contributed by atoms with E-state index in [0.717, 1.165) is 6.26 Å². The lowest BCUT2D eigenvalue weighted by molar-refractivity contribution is 0.100. The smallest absolute Gasteiger partial charge is 0.229 e. The molecule has 0 fully saturated rings. The zero-order valence-electron chi connectivity index (χ0n) is 13.3. The number of ether oxygens (including phenoxy) is 2. The molecule has 2 rings (SSSR count). The number of carbonyl (C=O) groups excluding carboxylic acids is 1.